The van der Waals surface area contributed by atoms with E-state index in [-0.39, 0.29) is 0 Å². The zero-order valence-electron chi connectivity index (χ0n) is 14.1. The number of pyridine rings is 1. The summed E-state index contributed by atoms with van der Waals surface area (Å²) in [5, 5.41) is 1.51. The van der Waals surface area contributed by atoms with Crippen LogP contribution in [-0.4, -0.2) is 13.1 Å². The van der Waals surface area contributed by atoms with E-state index in [2.05, 4.69) is 85.7 Å². The van der Waals surface area contributed by atoms with Gasteiger partial charge in [-0.15, -0.1) is 0 Å². The first-order valence-electron chi connectivity index (χ1n) is 8.13. The molecule has 3 rings (SSSR count). The lowest BCUT2D eigenvalue weighted by Gasteiger charge is -2.25. The van der Waals surface area contributed by atoms with E-state index in [0.717, 1.165) is 11.7 Å². The molecule has 0 radical (unpaired) electrons. The van der Waals surface area contributed by atoms with Gasteiger partial charge in [0.15, 0.2) is 0 Å². The van der Waals surface area contributed by atoms with Crippen molar-refractivity contribution in [2.75, 3.05) is 0 Å². The van der Waals surface area contributed by atoms with Gasteiger partial charge >= 0.3 is 0 Å². The van der Waals surface area contributed by atoms with Crippen LogP contribution >= 0.6 is 0 Å². The van der Waals surface area contributed by atoms with Gasteiger partial charge in [-0.2, -0.15) is 0 Å². The van der Waals surface area contributed by atoms with Gasteiger partial charge in [-0.1, -0.05) is 72.9 Å². The summed E-state index contributed by atoms with van der Waals surface area (Å²) in [4.78, 5) is 4.59. The second kappa shape index (κ2) is 6.51. The van der Waals surface area contributed by atoms with Crippen LogP contribution in [0.4, 0.5) is 0 Å². The molecule has 2 aromatic carbocycles. The molecule has 1 nitrogen and oxygen atoms in total. The minimum atomic E-state index is -1.54. The molecule has 0 saturated heterocycles. The molecule has 0 saturated carbocycles. The Bertz CT molecular complexity index is 779. The number of nitrogens with zero attached hydrogens (tertiary/aromatic N) is 1. The summed E-state index contributed by atoms with van der Waals surface area (Å²) >= 11 is 0. The predicted octanol–water partition coefficient (Wildman–Crippen LogP) is 4.75. The number of hydrogen-bond acceptors (Lipinski definition) is 1. The largest absolute Gasteiger partial charge is 0.256 e. The first-order chi connectivity index (χ1) is 11.1. The number of hydrogen-bond donors (Lipinski definition) is 0. The molecule has 1 heterocycles. The van der Waals surface area contributed by atoms with Crippen LogP contribution < -0.4 is 5.19 Å². The van der Waals surface area contributed by atoms with Crippen LogP contribution in [0.15, 0.2) is 72.9 Å². The Kier molecular flexibility index (Phi) is 4.44. The molecule has 0 N–H and O–H groups in total. The van der Waals surface area contributed by atoms with Crippen molar-refractivity contribution in [1.29, 1.82) is 0 Å². The Hall–Kier alpha value is -2.19. The van der Waals surface area contributed by atoms with E-state index in [1.807, 2.05) is 12.3 Å². The van der Waals surface area contributed by atoms with Crippen LogP contribution in [0.2, 0.25) is 13.1 Å². The van der Waals surface area contributed by atoms with Crippen molar-refractivity contribution in [1.82, 2.24) is 4.98 Å². The second-order valence-corrected chi connectivity index (χ2v) is 11.4. The Balaban J connectivity index is 2.03. The molecular formula is C21H23NSi. The van der Waals surface area contributed by atoms with E-state index in [1.54, 1.807) is 0 Å². The highest BCUT2D eigenvalue weighted by atomic mass is 28.3. The van der Waals surface area contributed by atoms with E-state index < -0.39 is 8.07 Å². The average Bonchev–Trinajstić information content (AvgIpc) is 2.56. The van der Waals surface area contributed by atoms with E-state index in [4.69, 9.17) is 0 Å². The van der Waals surface area contributed by atoms with Crippen LogP contribution in [0, 0.1) is 6.92 Å². The molecule has 1 aromatic heterocycles. The van der Waals surface area contributed by atoms with E-state index in [1.165, 1.54) is 21.9 Å². The lowest BCUT2D eigenvalue weighted by Crippen LogP contribution is -2.44. The highest BCUT2D eigenvalue weighted by molar-refractivity contribution is 6.89. The van der Waals surface area contributed by atoms with Gasteiger partial charge in [0.05, 0.1) is 13.8 Å². The molecule has 116 valence electrons. The number of aryl methyl sites for hydroxylation is 1. The van der Waals surface area contributed by atoms with Gasteiger partial charge in [-0.05, 0) is 36.2 Å². The van der Waals surface area contributed by atoms with Gasteiger partial charge in [0, 0.05) is 11.8 Å². The molecule has 0 aliphatic heterocycles. The third-order valence-electron chi connectivity index (χ3n) is 4.47. The summed E-state index contributed by atoms with van der Waals surface area (Å²) < 4.78 is 0. The molecule has 0 aliphatic rings. The summed E-state index contributed by atoms with van der Waals surface area (Å²) in [5.74, 6) is 0. The Morgan fingerprint density at radius 1 is 0.826 bits per heavy atom. The standard InChI is InChI=1S/C21H23NSi/c1-17-10-9-11-18(21(17)20-14-7-8-15-22-20)16-23(2,3)19-12-5-4-6-13-19/h4-15H,16H2,1-3H3. The molecule has 0 atom stereocenters. The van der Waals surface area contributed by atoms with Crippen molar-refractivity contribution in [3.05, 3.63) is 84.1 Å². The molecule has 23 heavy (non-hydrogen) atoms. The zero-order chi connectivity index (χ0) is 16.3. The van der Waals surface area contributed by atoms with Crippen molar-refractivity contribution >= 4 is 13.3 Å². The lowest BCUT2D eigenvalue weighted by molar-refractivity contribution is 1.24. The van der Waals surface area contributed by atoms with Crippen LogP contribution in [0.5, 0.6) is 0 Å². The number of aromatic nitrogens is 1. The zero-order valence-corrected chi connectivity index (χ0v) is 15.1. The lowest BCUT2D eigenvalue weighted by atomic mass is 9.99. The molecule has 0 aliphatic carbocycles. The summed E-state index contributed by atoms with van der Waals surface area (Å²) in [6, 6.07) is 24.9. The Morgan fingerprint density at radius 3 is 2.26 bits per heavy atom. The average molecular weight is 318 g/mol. The minimum Gasteiger partial charge on any atom is -0.256 e. The molecule has 0 unspecified atom stereocenters. The Morgan fingerprint density at radius 2 is 1.57 bits per heavy atom. The third kappa shape index (κ3) is 3.43. The van der Waals surface area contributed by atoms with Crippen molar-refractivity contribution in [3.8, 4) is 11.3 Å². The van der Waals surface area contributed by atoms with E-state index in [9.17, 15) is 0 Å². The number of rotatable bonds is 4. The maximum absolute atomic E-state index is 4.59. The minimum absolute atomic E-state index is 1.08. The SMILES string of the molecule is Cc1cccc(C[Si](C)(C)c2ccccc2)c1-c1ccccn1. The van der Waals surface area contributed by atoms with Crippen molar-refractivity contribution in [3.63, 3.8) is 0 Å². The monoisotopic (exact) mass is 317 g/mol. The molecule has 0 spiro atoms. The normalized spacial score (nSPS) is 11.4. The molecule has 3 aromatic rings. The van der Waals surface area contributed by atoms with Crippen LogP contribution in [0.3, 0.4) is 0 Å². The Labute approximate surface area is 140 Å². The van der Waals surface area contributed by atoms with Gasteiger partial charge in [0.25, 0.3) is 0 Å². The fraction of sp³-hybridized carbons (Fsp3) is 0.190. The second-order valence-electron chi connectivity index (χ2n) is 6.75. The third-order valence-corrected chi connectivity index (χ3v) is 7.63. The van der Waals surface area contributed by atoms with Crippen molar-refractivity contribution in [2.24, 2.45) is 0 Å². The maximum atomic E-state index is 4.59. The van der Waals surface area contributed by atoms with E-state index >= 15 is 0 Å². The fourth-order valence-electron chi connectivity index (χ4n) is 3.22. The van der Waals surface area contributed by atoms with E-state index in [0.29, 0.717) is 0 Å². The molecule has 0 fully saturated rings. The quantitative estimate of drug-likeness (QED) is 0.633. The first-order valence-corrected chi connectivity index (χ1v) is 11.3. The first kappa shape index (κ1) is 15.7. The van der Waals surface area contributed by atoms with Crippen molar-refractivity contribution in [2.45, 2.75) is 26.1 Å². The van der Waals surface area contributed by atoms with Crippen LogP contribution in [0.1, 0.15) is 11.1 Å². The highest BCUT2D eigenvalue weighted by Gasteiger charge is 2.25. The summed E-state index contributed by atoms with van der Waals surface area (Å²) in [6.45, 7) is 7.09. The maximum Gasteiger partial charge on any atom is 0.0849 e. The summed E-state index contributed by atoms with van der Waals surface area (Å²) in [5.41, 5.74) is 5.12. The fourth-order valence-corrected chi connectivity index (χ4v) is 5.77. The highest BCUT2D eigenvalue weighted by Crippen LogP contribution is 2.28. The predicted molar refractivity (Wildman–Crippen MR) is 102 cm³/mol. The molecule has 0 amide bonds. The van der Waals surface area contributed by atoms with Gasteiger partial charge in [-0.25, -0.2) is 0 Å². The molecule has 0 bridgehead atoms. The van der Waals surface area contributed by atoms with Gasteiger partial charge in [0.1, 0.15) is 0 Å². The summed E-state index contributed by atoms with van der Waals surface area (Å²) in [7, 11) is -1.54. The number of benzene rings is 2. The molecule has 2 heteroatoms. The van der Waals surface area contributed by atoms with Crippen LogP contribution in [-0.2, 0) is 6.04 Å². The molecular weight excluding hydrogens is 294 g/mol. The van der Waals surface area contributed by atoms with Crippen LogP contribution in [0.25, 0.3) is 11.3 Å². The van der Waals surface area contributed by atoms with Gasteiger partial charge < -0.3 is 0 Å². The summed E-state index contributed by atoms with van der Waals surface area (Å²) in [6.07, 6.45) is 1.88. The van der Waals surface area contributed by atoms with Gasteiger partial charge in [-0.3, -0.25) is 4.98 Å². The van der Waals surface area contributed by atoms with Crippen molar-refractivity contribution < 1.29 is 0 Å². The smallest absolute Gasteiger partial charge is 0.0849 e. The van der Waals surface area contributed by atoms with Gasteiger partial charge in [0.2, 0.25) is 0 Å². The topological polar surface area (TPSA) is 12.9 Å².